The van der Waals surface area contributed by atoms with Crippen molar-refractivity contribution in [3.05, 3.63) is 58.3 Å². The predicted molar refractivity (Wildman–Crippen MR) is 102 cm³/mol. The largest absolute Gasteiger partial charge is 0.351 e. The molecule has 5 heteroatoms. The summed E-state index contributed by atoms with van der Waals surface area (Å²) in [6.07, 6.45) is 5.98. The summed E-state index contributed by atoms with van der Waals surface area (Å²) in [7, 11) is 0. The third-order valence-corrected chi connectivity index (χ3v) is 4.91. The van der Waals surface area contributed by atoms with Gasteiger partial charge in [0.1, 0.15) is 0 Å². The van der Waals surface area contributed by atoms with Crippen molar-refractivity contribution >= 4 is 34.6 Å². The van der Waals surface area contributed by atoms with Gasteiger partial charge in [0, 0.05) is 18.4 Å². The molecule has 1 aromatic heterocycles. The first-order chi connectivity index (χ1) is 11.4. The first kappa shape index (κ1) is 16.6. The number of aliphatic imine (C=N–C) groups is 1. The van der Waals surface area contributed by atoms with E-state index in [0.29, 0.717) is 16.1 Å². The summed E-state index contributed by atoms with van der Waals surface area (Å²) in [4.78, 5) is 17.4. The van der Waals surface area contributed by atoms with Gasteiger partial charge in [-0.05, 0) is 80.4 Å². The smallest absolute Gasteiger partial charge is 0.264 e. The molecule has 1 aliphatic heterocycles. The molecule has 124 valence electrons. The fourth-order valence-electron chi connectivity index (χ4n) is 2.38. The van der Waals surface area contributed by atoms with E-state index in [9.17, 15) is 4.79 Å². The average molecular weight is 339 g/mol. The van der Waals surface area contributed by atoms with E-state index in [0.717, 1.165) is 11.3 Å². The van der Waals surface area contributed by atoms with E-state index < -0.39 is 0 Å². The van der Waals surface area contributed by atoms with Gasteiger partial charge in [0.2, 0.25) is 0 Å². The summed E-state index contributed by atoms with van der Waals surface area (Å²) in [6.45, 7) is 8.39. The first-order valence-corrected chi connectivity index (χ1v) is 8.78. The Kier molecular flexibility index (Phi) is 4.62. The van der Waals surface area contributed by atoms with E-state index in [2.05, 4.69) is 42.6 Å². The van der Waals surface area contributed by atoms with Crippen LogP contribution in [0.25, 0.3) is 6.08 Å². The lowest BCUT2D eigenvalue weighted by Crippen LogP contribution is -2.19. The number of hydrogen-bond acceptors (Lipinski definition) is 3. The summed E-state index contributed by atoms with van der Waals surface area (Å²) in [6, 6.07) is 8.46. The van der Waals surface area contributed by atoms with Crippen molar-refractivity contribution in [2.45, 2.75) is 33.7 Å². The average Bonchev–Trinajstić information content (AvgIpc) is 3.11. The van der Waals surface area contributed by atoms with Crippen LogP contribution in [0.4, 0.5) is 5.69 Å². The molecule has 4 nitrogen and oxygen atoms in total. The van der Waals surface area contributed by atoms with Crippen LogP contribution in [0.5, 0.6) is 0 Å². The number of thioether (sulfide) groups is 1. The van der Waals surface area contributed by atoms with Gasteiger partial charge in [0.15, 0.2) is 5.17 Å². The second-order valence-electron chi connectivity index (χ2n) is 6.24. The molecule has 0 unspecified atom stereocenters. The van der Waals surface area contributed by atoms with Gasteiger partial charge < -0.3 is 9.88 Å². The second kappa shape index (κ2) is 6.69. The fraction of sp³-hybridized carbons (Fsp3) is 0.263. The van der Waals surface area contributed by atoms with Gasteiger partial charge in [-0.25, -0.2) is 4.99 Å². The molecule has 0 atom stereocenters. The lowest BCUT2D eigenvalue weighted by molar-refractivity contribution is -0.115. The van der Waals surface area contributed by atoms with Crippen LogP contribution in [-0.4, -0.2) is 15.6 Å². The Labute approximate surface area is 146 Å². The van der Waals surface area contributed by atoms with Gasteiger partial charge in [-0.15, -0.1) is 0 Å². The molecule has 2 aromatic rings. The monoisotopic (exact) mass is 339 g/mol. The molecule has 0 aliphatic carbocycles. The zero-order valence-electron chi connectivity index (χ0n) is 14.3. The third kappa shape index (κ3) is 3.62. The van der Waals surface area contributed by atoms with Crippen molar-refractivity contribution in [1.82, 2.24) is 9.88 Å². The number of aromatic nitrogens is 1. The zero-order valence-corrected chi connectivity index (χ0v) is 15.1. The van der Waals surface area contributed by atoms with Crippen LogP contribution in [0, 0.1) is 13.8 Å². The van der Waals surface area contributed by atoms with Crippen molar-refractivity contribution in [2.75, 3.05) is 0 Å². The zero-order chi connectivity index (χ0) is 17.3. The van der Waals surface area contributed by atoms with Gasteiger partial charge in [0.05, 0.1) is 10.6 Å². The van der Waals surface area contributed by atoms with E-state index in [4.69, 9.17) is 0 Å². The normalized spacial score (nSPS) is 18.0. The highest BCUT2D eigenvalue weighted by molar-refractivity contribution is 8.18. The molecule has 24 heavy (non-hydrogen) atoms. The number of amidine groups is 1. The van der Waals surface area contributed by atoms with Crippen molar-refractivity contribution in [2.24, 2.45) is 4.99 Å². The van der Waals surface area contributed by atoms with Crippen LogP contribution < -0.4 is 5.32 Å². The van der Waals surface area contributed by atoms with Crippen LogP contribution in [0.1, 0.15) is 36.6 Å². The Morgan fingerprint density at radius 3 is 2.67 bits per heavy atom. The molecule has 0 saturated carbocycles. The van der Waals surface area contributed by atoms with E-state index >= 15 is 0 Å². The van der Waals surface area contributed by atoms with Crippen LogP contribution in [0.15, 0.2) is 46.6 Å². The van der Waals surface area contributed by atoms with Crippen molar-refractivity contribution in [1.29, 1.82) is 0 Å². The van der Waals surface area contributed by atoms with E-state index in [-0.39, 0.29) is 5.91 Å². The Morgan fingerprint density at radius 2 is 2.00 bits per heavy atom. The molecule has 1 aromatic carbocycles. The van der Waals surface area contributed by atoms with Gasteiger partial charge in [-0.2, -0.15) is 0 Å². The summed E-state index contributed by atoms with van der Waals surface area (Å²) in [5, 5.41) is 3.46. The van der Waals surface area contributed by atoms with E-state index in [1.165, 1.54) is 22.9 Å². The summed E-state index contributed by atoms with van der Waals surface area (Å²) in [5.41, 5.74) is 4.30. The molecule has 0 spiro atoms. The standard InChI is InChI=1S/C19H21N3OS/c1-12(2)22-8-7-15(11-22)10-17-18(23)21-19(24-17)20-16-6-5-13(3)14(4)9-16/h5-12H,1-4H3,(H,20,21,23)/b17-10+. The Hall–Kier alpha value is -2.27. The van der Waals surface area contributed by atoms with Crippen LogP contribution in [0.2, 0.25) is 0 Å². The number of hydrogen-bond donors (Lipinski definition) is 1. The molecule has 0 bridgehead atoms. The lowest BCUT2D eigenvalue weighted by Gasteiger charge is -2.04. The van der Waals surface area contributed by atoms with Crippen LogP contribution in [-0.2, 0) is 4.79 Å². The number of nitrogens with one attached hydrogen (secondary N) is 1. The minimum absolute atomic E-state index is 0.0973. The summed E-state index contributed by atoms with van der Waals surface area (Å²) < 4.78 is 2.12. The summed E-state index contributed by atoms with van der Waals surface area (Å²) in [5.74, 6) is -0.0973. The fourth-order valence-corrected chi connectivity index (χ4v) is 3.22. The topological polar surface area (TPSA) is 46.4 Å². The molecular formula is C19H21N3OS. The third-order valence-electron chi connectivity index (χ3n) is 4.00. The number of nitrogens with zero attached hydrogens (tertiary/aromatic N) is 2. The van der Waals surface area contributed by atoms with E-state index in [1.54, 1.807) is 0 Å². The van der Waals surface area contributed by atoms with Gasteiger partial charge in [-0.3, -0.25) is 4.79 Å². The van der Waals surface area contributed by atoms with Crippen LogP contribution in [0.3, 0.4) is 0 Å². The maximum atomic E-state index is 12.2. The number of rotatable bonds is 3. The number of benzene rings is 1. The molecule has 1 amide bonds. The number of aryl methyl sites for hydroxylation is 2. The quantitative estimate of drug-likeness (QED) is 0.832. The molecule has 2 heterocycles. The number of carbonyl (C=O) groups excluding carboxylic acids is 1. The van der Waals surface area contributed by atoms with Gasteiger partial charge in [-0.1, -0.05) is 6.07 Å². The molecule has 1 saturated heterocycles. The van der Waals surface area contributed by atoms with E-state index in [1.807, 2.05) is 42.7 Å². The Morgan fingerprint density at radius 1 is 1.21 bits per heavy atom. The predicted octanol–water partition coefficient (Wildman–Crippen LogP) is 4.58. The van der Waals surface area contributed by atoms with Crippen molar-refractivity contribution in [3.63, 3.8) is 0 Å². The minimum atomic E-state index is -0.0973. The highest BCUT2D eigenvalue weighted by Crippen LogP contribution is 2.28. The van der Waals surface area contributed by atoms with Crippen molar-refractivity contribution < 1.29 is 4.79 Å². The molecule has 0 radical (unpaired) electrons. The van der Waals surface area contributed by atoms with Crippen LogP contribution >= 0.6 is 11.8 Å². The molecule has 1 N–H and O–H groups in total. The maximum Gasteiger partial charge on any atom is 0.264 e. The molecular weight excluding hydrogens is 318 g/mol. The number of amides is 1. The van der Waals surface area contributed by atoms with Gasteiger partial charge >= 0.3 is 0 Å². The molecule has 1 aliphatic rings. The first-order valence-electron chi connectivity index (χ1n) is 7.96. The Balaban J connectivity index is 1.80. The van der Waals surface area contributed by atoms with Gasteiger partial charge in [0.25, 0.3) is 5.91 Å². The van der Waals surface area contributed by atoms with Crippen molar-refractivity contribution in [3.8, 4) is 0 Å². The second-order valence-corrected chi connectivity index (χ2v) is 7.27. The molecule has 3 rings (SSSR count). The molecule has 1 fully saturated rings. The SMILES string of the molecule is Cc1ccc(N=C2NC(=O)/C(=C\c3ccn(C(C)C)c3)S2)cc1C. The summed E-state index contributed by atoms with van der Waals surface area (Å²) >= 11 is 1.38. The highest BCUT2D eigenvalue weighted by Gasteiger charge is 2.23. The number of carbonyl (C=O) groups is 1. The minimum Gasteiger partial charge on any atom is -0.351 e. The highest BCUT2D eigenvalue weighted by atomic mass is 32.2. The maximum absolute atomic E-state index is 12.2. The Bertz CT molecular complexity index is 846. The lowest BCUT2D eigenvalue weighted by atomic mass is 10.1.